The van der Waals surface area contributed by atoms with Crippen molar-refractivity contribution in [1.29, 1.82) is 0 Å². The highest BCUT2D eigenvalue weighted by Gasteiger charge is 2.09. The quantitative estimate of drug-likeness (QED) is 0.744. The summed E-state index contributed by atoms with van der Waals surface area (Å²) in [5, 5.41) is 3.38. The zero-order chi connectivity index (χ0) is 11.9. The summed E-state index contributed by atoms with van der Waals surface area (Å²) < 4.78 is 10.6. The Morgan fingerprint density at radius 2 is 2.24 bits per heavy atom. The number of aryl methyl sites for hydroxylation is 1. The maximum atomic E-state index is 5.31. The van der Waals surface area contributed by atoms with Gasteiger partial charge in [-0.15, -0.1) is 0 Å². The minimum absolute atomic E-state index is 0.773. The average Bonchev–Trinajstić information content (AvgIpc) is 2.76. The minimum atomic E-state index is 0.773. The van der Waals surface area contributed by atoms with Gasteiger partial charge in [0, 0.05) is 13.1 Å². The number of nitrogens with zero attached hydrogens (tertiary/aromatic N) is 2. The first-order valence-corrected chi connectivity index (χ1v) is 6.26. The summed E-state index contributed by atoms with van der Waals surface area (Å²) in [6.45, 7) is 8.80. The molecule has 96 valence electrons. The highest BCUT2D eigenvalue weighted by Crippen LogP contribution is 2.03. The molecule has 1 aromatic rings. The van der Waals surface area contributed by atoms with E-state index >= 15 is 0 Å². The SMILES string of the molecule is Cc1ncoc1CNCCCN1CCOCC1. The molecule has 0 radical (unpaired) electrons. The lowest BCUT2D eigenvalue weighted by molar-refractivity contribution is 0.0374. The predicted octanol–water partition coefficient (Wildman–Crippen LogP) is 0.795. The third-order valence-electron chi connectivity index (χ3n) is 3.06. The Kier molecular flexibility index (Phi) is 4.97. The first-order valence-electron chi connectivity index (χ1n) is 6.26. The number of oxazole rings is 1. The molecule has 1 aliphatic rings. The molecule has 1 saturated heterocycles. The van der Waals surface area contributed by atoms with Crippen LogP contribution in [-0.4, -0.2) is 49.3 Å². The van der Waals surface area contributed by atoms with Gasteiger partial charge in [0.15, 0.2) is 6.39 Å². The number of hydrogen-bond acceptors (Lipinski definition) is 5. The summed E-state index contributed by atoms with van der Waals surface area (Å²) in [6.07, 6.45) is 2.66. The van der Waals surface area contributed by atoms with Crippen LogP contribution in [0.2, 0.25) is 0 Å². The fraction of sp³-hybridized carbons (Fsp3) is 0.750. The largest absolute Gasteiger partial charge is 0.447 e. The lowest BCUT2D eigenvalue weighted by Gasteiger charge is -2.26. The number of nitrogens with one attached hydrogen (secondary N) is 1. The van der Waals surface area contributed by atoms with E-state index in [2.05, 4.69) is 15.2 Å². The monoisotopic (exact) mass is 239 g/mol. The molecule has 17 heavy (non-hydrogen) atoms. The number of ether oxygens (including phenoxy) is 1. The van der Waals surface area contributed by atoms with Crippen LogP contribution >= 0.6 is 0 Å². The van der Waals surface area contributed by atoms with Crippen LogP contribution in [0, 0.1) is 6.92 Å². The molecule has 0 unspecified atom stereocenters. The summed E-state index contributed by atoms with van der Waals surface area (Å²) >= 11 is 0. The van der Waals surface area contributed by atoms with Crippen LogP contribution in [-0.2, 0) is 11.3 Å². The molecule has 5 heteroatoms. The number of rotatable bonds is 6. The van der Waals surface area contributed by atoms with Crippen molar-refractivity contribution in [2.24, 2.45) is 0 Å². The molecule has 1 fully saturated rings. The summed E-state index contributed by atoms with van der Waals surface area (Å²) in [5.41, 5.74) is 0.977. The smallest absolute Gasteiger partial charge is 0.181 e. The van der Waals surface area contributed by atoms with Crippen LogP contribution in [0.3, 0.4) is 0 Å². The van der Waals surface area contributed by atoms with Gasteiger partial charge < -0.3 is 14.5 Å². The highest BCUT2D eigenvalue weighted by atomic mass is 16.5. The van der Waals surface area contributed by atoms with Crippen LogP contribution in [0.4, 0.5) is 0 Å². The molecule has 1 aliphatic heterocycles. The molecule has 0 bridgehead atoms. The van der Waals surface area contributed by atoms with Gasteiger partial charge in [0.25, 0.3) is 0 Å². The molecular weight excluding hydrogens is 218 g/mol. The molecule has 0 amide bonds. The molecule has 1 N–H and O–H groups in total. The van der Waals surface area contributed by atoms with Gasteiger partial charge in [-0.3, -0.25) is 4.90 Å². The standard InChI is InChI=1S/C12H21N3O2/c1-11-12(17-10-14-11)9-13-3-2-4-15-5-7-16-8-6-15/h10,13H,2-9H2,1H3. The Morgan fingerprint density at radius 1 is 1.41 bits per heavy atom. The van der Waals surface area contributed by atoms with E-state index in [1.165, 1.54) is 6.39 Å². The van der Waals surface area contributed by atoms with E-state index in [4.69, 9.17) is 9.15 Å². The lowest BCUT2D eigenvalue weighted by atomic mass is 10.3. The summed E-state index contributed by atoms with van der Waals surface area (Å²) in [7, 11) is 0. The van der Waals surface area contributed by atoms with Gasteiger partial charge in [0.1, 0.15) is 5.76 Å². The fourth-order valence-electron chi connectivity index (χ4n) is 1.95. The van der Waals surface area contributed by atoms with E-state index in [1.807, 2.05) is 6.92 Å². The van der Waals surface area contributed by atoms with Crippen molar-refractivity contribution in [3.05, 3.63) is 17.8 Å². The molecule has 1 aromatic heterocycles. The van der Waals surface area contributed by atoms with E-state index in [9.17, 15) is 0 Å². The van der Waals surface area contributed by atoms with Gasteiger partial charge in [-0.2, -0.15) is 0 Å². The Labute approximate surface area is 102 Å². The molecule has 2 heterocycles. The third kappa shape index (κ3) is 4.11. The van der Waals surface area contributed by atoms with Gasteiger partial charge in [0.05, 0.1) is 25.5 Å². The molecule has 0 aromatic carbocycles. The van der Waals surface area contributed by atoms with Crippen LogP contribution in [0.25, 0.3) is 0 Å². The number of hydrogen-bond donors (Lipinski definition) is 1. The topological polar surface area (TPSA) is 50.5 Å². The van der Waals surface area contributed by atoms with Gasteiger partial charge in [-0.25, -0.2) is 4.98 Å². The molecule has 0 saturated carbocycles. The van der Waals surface area contributed by atoms with Gasteiger partial charge >= 0.3 is 0 Å². The molecule has 0 aliphatic carbocycles. The molecule has 0 atom stereocenters. The fourth-order valence-corrected chi connectivity index (χ4v) is 1.95. The highest BCUT2D eigenvalue weighted by molar-refractivity contribution is 5.03. The Hall–Kier alpha value is -0.910. The summed E-state index contributed by atoms with van der Waals surface area (Å²) in [6, 6.07) is 0. The zero-order valence-electron chi connectivity index (χ0n) is 10.4. The molecule has 5 nitrogen and oxygen atoms in total. The van der Waals surface area contributed by atoms with E-state index in [1.54, 1.807) is 0 Å². The maximum absolute atomic E-state index is 5.31. The Balaban J connectivity index is 1.53. The Bertz CT molecular complexity index is 321. The normalized spacial score (nSPS) is 17.5. The predicted molar refractivity (Wildman–Crippen MR) is 64.8 cm³/mol. The van der Waals surface area contributed by atoms with Crippen molar-refractivity contribution in [2.75, 3.05) is 39.4 Å². The third-order valence-corrected chi connectivity index (χ3v) is 3.06. The second-order valence-corrected chi connectivity index (χ2v) is 4.35. The molecule has 2 rings (SSSR count). The first kappa shape index (κ1) is 12.5. The zero-order valence-corrected chi connectivity index (χ0v) is 10.4. The second kappa shape index (κ2) is 6.74. The van der Waals surface area contributed by atoms with Crippen LogP contribution in [0.1, 0.15) is 17.9 Å². The molecule has 0 spiro atoms. The van der Waals surface area contributed by atoms with Crippen molar-refractivity contribution in [1.82, 2.24) is 15.2 Å². The lowest BCUT2D eigenvalue weighted by Crippen LogP contribution is -2.37. The van der Waals surface area contributed by atoms with Crippen molar-refractivity contribution < 1.29 is 9.15 Å². The van der Waals surface area contributed by atoms with E-state index in [-0.39, 0.29) is 0 Å². The van der Waals surface area contributed by atoms with Gasteiger partial charge in [0.2, 0.25) is 0 Å². The van der Waals surface area contributed by atoms with Crippen LogP contribution in [0.15, 0.2) is 10.8 Å². The van der Waals surface area contributed by atoms with Crippen LogP contribution in [0.5, 0.6) is 0 Å². The van der Waals surface area contributed by atoms with Crippen molar-refractivity contribution in [3.63, 3.8) is 0 Å². The summed E-state index contributed by atoms with van der Waals surface area (Å²) in [5.74, 6) is 0.941. The van der Waals surface area contributed by atoms with Crippen molar-refractivity contribution in [3.8, 4) is 0 Å². The Morgan fingerprint density at radius 3 is 2.94 bits per heavy atom. The van der Waals surface area contributed by atoms with Crippen molar-refractivity contribution in [2.45, 2.75) is 19.9 Å². The van der Waals surface area contributed by atoms with E-state index in [0.29, 0.717) is 0 Å². The van der Waals surface area contributed by atoms with E-state index in [0.717, 1.165) is 63.8 Å². The number of morpholine rings is 1. The second-order valence-electron chi connectivity index (χ2n) is 4.35. The van der Waals surface area contributed by atoms with Gasteiger partial charge in [-0.05, 0) is 26.4 Å². The van der Waals surface area contributed by atoms with Crippen molar-refractivity contribution >= 4 is 0 Å². The van der Waals surface area contributed by atoms with E-state index < -0.39 is 0 Å². The van der Waals surface area contributed by atoms with Gasteiger partial charge in [-0.1, -0.05) is 0 Å². The maximum Gasteiger partial charge on any atom is 0.181 e. The average molecular weight is 239 g/mol. The summed E-state index contributed by atoms with van der Waals surface area (Å²) in [4.78, 5) is 6.51. The minimum Gasteiger partial charge on any atom is -0.447 e. The first-order chi connectivity index (χ1) is 8.36. The van der Waals surface area contributed by atoms with Crippen LogP contribution < -0.4 is 5.32 Å². The molecular formula is C12H21N3O2. The number of aromatic nitrogens is 1.